The molecule has 1 amide bonds. The van der Waals surface area contributed by atoms with Crippen LogP contribution >= 0.6 is 11.6 Å². The third kappa shape index (κ3) is 7.05. The second kappa shape index (κ2) is 13.9. The van der Waals surface area contributed by atoms with Gasteiger partial charge in [0.05, 0.1) is 31.0 Å². The molecule has 1 atom stereocenters. The number of fused-ring (bicyclic) bond motifs is 1. The van der Waals surface area contributed by atoms with Crippen LogP contribution in [0.25, 0.3) is 11.1 Å². The number of carbonyl (C=O) groups is 1. The molecule has 52 heavy (non-hydrogen) atoms. The fourth-order valence-electron chi connectivity index (χ4n) is 6.31. The van der Waals surface area contributed by atoms with Crippen molar-refractivity contribution in [3.05, 3.63) is 135 Å². The summed E-state index contributed by atoms with van der Waals surface area (Å²) in [5.41, 5.74) is 1.61. The quantitative estimate of drug-likeness (QED) is 0.114. The smallest absolute Gasteiger partial charge is 0.416 e. The number of hydrogen-bond acceptors (Lipinski definition) is 5. The van der Waals surface area contributed by atoms with Gasteiger partial charge >= 0.3 is 6.18 Å². The Bertz CT molecular complexity index is 2180. The van der Waals surface area contributed by atoms with Crippen LogP contribution in [0.1, 0.15) is 70.0 Å². The van der Waals surface area contributed by atoms with Crippen LogP contribution in [0.3, 0.4) is 0 Å². The molecule has 1 unspecified atom stereocenters. The van der Waals surface area contributed by atoms with E-state index in [1.165, 1.54) is 18.2 Å². The van der Waals surface area contributed by atoms with Crippen LogP contribution in [0.5, 0.6) is 5.75 Å². The molecular formula is C38H31ClF5N5O3. The van der Waals surface area contributed by atoms with Crippen molar-refractivity contribution < 1.29 is 36.3 Å². The number of halogens is 6. The van der Waals surface area contributed by atoms with E-state index in [-0.39, 0.29) is 29.9 Å². The van der Waals surface area contributed by atoms with Crippen LogP contribution < -0.4 is 10.1 Å². The average Bonchev–Trinajstić information content (AvgIpc) is 3.77. The number of benzene rings is 4. The molecule has 2 heterocycles. The minimum absolute atomic E-state index is 0.154. The molecule has 1 aromatic heterocycles. The third-order valence-electron chi connectivity index (χ3n) is 8.91. The van der Waals surface area contributed by atoms with E-state index in [0.717, 1.165) is 24.5 Å². The lowest BCUT2D eigenvalue weighted by atomic mass is 9.92. The van der Waals surface area contributed by atoms with Crippen molar-refractivity contribution in [2.75, 3.05) is 19.0 Å². The van der Waals surface area contributed by atoms with E-state index in [1.807, 2.05) is 34.0 Å². The zero-order chi connectivity index (χ0) is 36.7. The molecule has 4 aromatic carbocycles. The maximum absolute atomic E-state index is 15.0. The lowest BCUT2D eigenvalue weighted by Gasteiger charge is -2.29. The van der Waals surface area contributed by atoms with Crippen molar-refractivity contribution >= 4 is 29.0 Å². The summed E-state index contributed by atoms with van der Waals surface area (Å²) in [7, 11) is 1.55. The molecule has 1 aliphatic carbocycles. The molecule has 0 bridgehead atoms. The molecule has 1 fully saturated rings. The lowest BCUT2D eigenvalue weighted by Crippen LogP contribution is -2.29. The largest absolute Gasteiger partial charge is 0.497 e. The minimum Gasteiger partial charge on any atom is -0.497 e. The summed E-state index contributed by atoms with van der Waals surface area (Å²) in [5.74, 6) is -1.84. The van der Waals surface area contributed by atoms with Crippen LogP contribution in [0, 0.1) is 11.6 Å². The summed E-state index contributed by atoms with van der Waals surface area (Å²) in [6.45, 7) is 2.17. The van der Waals surface area contributed by atoms with Gasteiger partial charge in [0.1, 0.15) is 24.0 Å². The van der Waals surface area contributed by atoms with E-state index in [4.69, 9.17) is 21.2 Å². The Balaban J connectivity index is 1.44. The molecule has 8 nitrogen and oxygen atoms in total. The highest BCUT2D eigenvalue weighted by molar-refractivity contribution is 6.31. The number of oxime groups is 1. The number of amidine groups is 1. The minimum atomic E-state index is -4.90. The first-order valence-electron chi connectivity index (χ1n) is 16.4. The van der Waals surface area contributed by atoms with Crippen molar-refractivity contribution in [1.82, 2.24) is 14.7 Å². The summed E-state index contributed by atoms with van der Waals surface area (Å²) >= 11 is 6.77. The highest BCUT2D eigenvalue weighted by atomic mass is 35.5. The highest BCUT2D eigenvalue weighted by Gasteiger charge is 2.41. The number of aromatic nitrogens is 2. The van der Waals surface area contributed by atoms with Crippen molar-refractivity contribution in [1.29, 1.82) is 0 Å². The van der Waals surface area contributed by atoms with Gasteiger partial charge in [-0.05, 0) is 91.6 Å². The van der Waals surface area contributed by atoms with Crippen molar-refractivity contribution in [2.24, 2.45) is 5.16 Å². The van der Waals surface area contributed by atoms with E-state index in [9.17, 15) is 22.4 Å². The Morgan fingerprint density at radius 1 is 1.00 bits per heavy atom. The molecule has 0 spiro atoms. The zero-order valence-electron chi connectivity index (χ0n) is 27.8. The zero-order valence-corrected chi connectivity index (χ0v) is 28.6. The molecule has 0 saturated heterocycles. The molecule has 5 aromatic rings. The van der Waals surface area contributed by atoms with Gasteiger partial charge in [0.25, 0.3) is 5.91 Å². The lowest BCUT2D eigenvalue weighted by molar-refractivity contribution is -0.137. The molecule has 1 aliphatic heterocycles. The molecule has 268 valence electrons. The molecule has 14 heteroatoms. The Hall–Kier alpha value is -5.43. The maximum atomic E-state index is 15.0. The number of nitrogens with one attached hydrogen (secondary N) is 1. The number of rotatable bonds is 10. The number of amides is 1. The maximum Gasteiger partial charge on any atom is 0.416 e. The molecular weight excluding hydrogens is 705 g/mol. The summed E-state index contributed by atoms with van der Waals surface area (Å²) in [6, 6.07) is 15.7. The number of ether oxygens (including phenoxy) is 1. The molecule has 1 N–H and O–H groups in total. The molecule has 1 saturated carbocycles. The van der Waals surface area contributed by atoms with Crippen LogP contribution in [-0.2, 0) is 17.6 Å². The van der Waals surface area contributed by atoms with Crippen LogP contribution in [0.15, 0.2) is 90.3 Å². The van der Waals surface area contributed by atoms with Crippen LogP contribution in [-0.4, -0.2) is 40.1 Å². The Kier molecular flexibility index (Phi) is 9.38. The summed E-state index contributed by atoms with van der Waals surface area (Å²) in [5, 5.41) is 12.0. The number of methoxy groups -OCH3 is 1. The van der Waals surface area contributed by atoms with Gasteiger partial charge in [0, 0.05) is 51.3 Å². The summed E-state index contributed by atoms with van der Waals surface area (Å²) < 4.78 is 77.7. The van der Waals surface area contributed by atoms with Crippen molar-refractivity contribution in [3.63, 3.8) is 0 Å². The van der Waals surface area contributed by atoms with Gasteiger partial charge in [-0.1, -0.05) is 28.9 Å². The number of anilines is 1. The number of alkyl halides is 3. The molecule has 2 aliphatic rings. The van der Waals surface area contributed by atoms with Crippen molar-refractivity contribution in [3.8, 4) is 16.9 Å². The van der Waals surface area contributed by atoms with E-state index in [0.29, 0.717) is 51.5 Å². The first-order valence-corrected chi connectivity index (χ1v) is 16.8. The van der Waals surface area contributed by atoms with E-state index in [2.05, 4.69) is 15.6 Å². The average molecular weight is 736 g/mol. The standard InChI is InChI=1S/C38H31ClF5N5O3/c1-3-52-47-36-31-14-22(24-18-45-49(20-24)28-7-8-28)15-33(46-37(50)23-12-25(38(42,43)44)16-27(41)13-23)34(31)35(30-17-26(40)6-11-32(30)39)48(36)19-21-4-9-29(51-2)10-5-21/h4-6,9-18,20,28,35H,3,7-8,19H2,1-2H3,(H,46,50)/b47-36+. The topological polar surface area (TPSA) is 81.0 Å². The van der Waals surface area contributed by atoms with Crippen LogP contribution in [0.4, 0.5) is 27.6 Å². The van der Waals surface area contributed by atoms with Gasteiger partial charge in [-0.2, -0.15) is 18.3 Å². The summed E-state index contributed by atoms with van der Waals surface area (Å²) in [4.78, 5) is 21.3. The predicted octanol–water partition coefficient (Wildman–Crippen LogP) is 9.40. The van der Waals surface area contributed by atoms with Gasteiger partial charge < -0.3 is 19.8 Å². The SMILES string of the molecule is CCO/N=C1\c2cc(-c3cnn(C4CC4)c3)cc(NC(=O)c3cc(F)cc(C(F)(F)F)c3)c2C(c2cc(F)ccc2Cl)N1Cc1ccc(OC)cc1. The second-order valence-electron chi connectivity index (χ2n) is 12.5. The van der Waals surface area contributed by atoms with E-state index in [1.54, 1.807) is 38.4 Å². The van der Waals surface area contributed by atoms with E-state index < -0.39 is 40.9 Å². The highest BCUT2D eigenvalue weighted by Crippen LogP contribution is 2.48. The number of nitrogens with zero attached hydrogens (tertiary/aromatic N) is 4. The van der Waals surface area contributed by atoms with Crippen LogP contribution in [0.2, 0.25) is 5.02 Å². The third-order valence-corrected chi connectivity index (χ3v) is 9.26. The number of carbonyl (C=O) groups excluding carboxylic acids is 1. The first kappa shape index (κ1) is 35.0. The van der Waals surface area contributed by atoms with Gasteiger partial charge in [0.15, 0.2) is 5.84 Å². The Morgan fingerprint density at radius 3 is 2.46 bits per heavy atom. The van der Waals surface area contributed by atoms with Gasteiger partial charge in [-0.15, -0.1) is 0 Å². The monoisotopic (exact) mass is 735 g/mol. The fraction of sp³-hybridized carbons (Fsp3) is 0.237. The van der Waals surface area contributed by atoms with E-state index >= 15 is 4.39 Å². The molecule has 0 radical (unpaired) electrons. The Labute approximate surface area is 300 Å². The fourth-order valence-corrected chi connectivity index (χ4v) is 6.53. The summed E-state index contributed by atoms with van der Waals surface area (Å²) in [6.07, 6.45) is 0.630. The first-order chi connectivity index (χ1) is 24.9. The van der Waals surface area contributed by atoms with Gasteiger partial charge in [0.2, 0.25) is 0 Å². The predicted molar refractivity (Wildman–Crippen MR) is 185 cm³/mol. The van der Waals surface area contributed by atoms with Crippen molar-refractivity contribution in [2.45, 2.75) is 44.6 Å². The molecule has 7 rings (SSSR count). The second-order valence-corrected chi connectivity index (χ2v) is 12.9. The van der Waals surface area contributed by atoms with Gasteiger partial charge in [-0.3, -0.25) is 9.48 Å². The Morgan fingerprint density at radius 2 is 1.77 bits per heavy atom. The normalized spacial score (nSPS) is 16.3. The van der Waals surface area contributed by atoms with Gasteiger partial charge in [-0.25, -0.2) is 8.78 Å². The number of hydrogen-bond donors (Lipinski definition) is 1.